The Balaban J connectivity index is 1.64. The van der Waals surface area contributed by atoms with Gasteiger partial charge in [0.15, 0.2) is 5.82 Å². The van der Waals surface area contributed by atoms with E-state index >= 15 is 0 Å². The quantitative estimate of drug-likeness (QED) is 0.876. The van der Waals surface area contributed by atoms with Gasteiger partial charge in [-0.1, -0.05) is 32.6 Å². The van der Waals surface area contributed by atoms with Crippen LogP contribution in [0.15, 0.2) is 24.3 Å². The number of anilines is 1. The average Bonchev–Trinajstić information content (AvgIpc) is 2.96. The zero-order valence-electron chi connectivity index (χ0n) is 12.6. The van der Waals surface area contributed by atoms with E-state index in [-0.39, 0.29) is 0 Å². The number of aryl methyl sites for hydroxylation is 1. The Kier molecular flexibility index (Phi) is 4.18. The molecule has 0 bridgehead atoms. The predicted molar refractivity (Wildman–Crippen MR) is 83.4 cm³/mol. The summed E-state index contributed by atoms with van der Waals surface area (Å²) in [6.07, 6.45) is 6.59. The highest BCUT2D eigenvalue weighted by atomic mass is 15.5. The first kappa shape index (κ1) is 14.0. The second-order valence-electron chi connectivity index (χ2n) is 6.26. The van der Waals surface area contributed by atoms with Gasteiger partial charge in [0.2, 0.25) is 0 Å². The summed E-state index contributed by atoms with van der Waals surface area (Å²) in [5, 5.41) is 12.1. The summed E-state index contributed by atoms with van der Waals surface area (Å²) in [5.41, 5.74) is 7.51. The molecule has 5 nitrogen and oxygen atoms in total. The topological polar surface area (TPSA) is 69.6 Å². The molecule has 21 heavy (non-hydrogen) atoms. The van der Waals surface area contributed by atoms with Crippen LogP contribution in [-0.2, 0) is 6.54 Å². The minimum Gasteiger partial charge on any atom is -0.399 e. The number of hydrogen-bond acceptors (Lipinski definition) is 4. The van der Waals surface area contributed by atoms with E-state index in [4.69, 9.17) is 5.73 Å². The van der Waals surface area contributed by atoms with Gasteiger partial charge in [-0.3, -0.25) is 0 Å². The van der Waals surface area contributed by atoms with E-state index in [2.05, 4.69) is 22.4 Å². The molecule has 1 aromatic heterocycles. The number of benzene rings is 1. The van der Waals surface area contributed by atoms with Crippen molar-refractivity contribution < 1.29 is 0 Å². The number of nitrogens with two attached hydrogens (primary N) is 1. The molecule has 1 aliphatic rings. The molecular weight excluding hydrogens is 262 g/mol. The third-order valence-corrected chi connectivity index (χ3v) is 4.59. The van der Waals surface area contributed by atoms with Crippen molar-refractivity contribution in [2.24, 2.45) is 11.8 Å². The number of aromatic nitrogens is 4. The molecule has 112 valence electrons. The number of rotatable bonds is 4. The Labute approximate surface area is 125 Å². The van der Waals surface area contributed by atoms with Crippen molar-refractivity contribution in [1.29, 1.82) is 0 Å². The van der Waals surface area contributed by atoms with Crippen molar-refractivity contribution in [3.8, 4) is 11.4 Å². The molecule has 1 aromatic carbocycles. The minimum absolute atomic E-state index is 0.758. The molecule has 0 unspecified atom stereocenters. The fraction of sp³-hybridized carbons (Fsp3) is 0.562. The van der Waals surface area contributed by atoms with Gasteiger partial charge < -0.3 is 5.73 Å². The van der Waals surface area contributed by atoms with Crippen molar-refractivity contribution in [2.75, 3.05) is 5.73 Å². The van der Waals surface area contributed by atoms with E-state index in [9.17, 15) is 0 Å². The highest BCUT2D eigenvalue weighted by Crippen LogP contribution is 2.30. The Morgan fingerprint density at radius 1 is 1.14 bits per heavy atom. The van der Waals surface area contributed by atoms with Crippen LogP contribution in [0.1, 0.15) is 39.0 Å². The lowest BCUT2D eigenvalue weighted by Gasteiger charge is -2.25. The molecule has 0 spiro atoms. The van der Waals surface area contributed by atoms with Gasteiger partial charge in [-0.25, -0.2) is 4.68 Å². The number of tetrazole rings is 1. The van der Waals surface area contributed by atoms with Crippen LogP contribution in [-0.4, -0.2) is 20.2 Å². The molecule has 0 radical (unpaired) electrons. The number of hydrogen-bond donors (Lipinski definition) is 1. The second kappa shape index (κ2) is 6.24. The summed E-state index contributed by atoms with van der Waals surface area (Å²) in [6, 6.07) is 7.72. The molecule has 0 aliphatic heterocycles. The smallest absolute Gasteiger partial charge is 0.182 e. The summed E-state index contributed by atoms with van der Waals surface area (Å²) in [7, 11) is 0. The Morgan fingerprint density at radius 3 is 2.57 bits per heavy atom. The summed E-state index contributed by atoms with van der Waals surface area (Å²) in [4.78, 5) is 0. The zero-order chi connectivity index (χ0) is 14.7. The van der Waals surface area contributed by atoms with Gasteiger partial charge in [0.1, 0.15) is 0 Å². The van der Waals surface area contributed by atoms with Crippen molar-refractivity contribution in [3.05, 3.63) is 24.3 Å². The number of nitrogen functional groups attached to an aromatic ring is 1. The van der Waals surface area contributed by atoms with Crippen LogP contribution < -0.4 is 5.73 Å². The molecule has 0 saturated heterocycles. The van der Waals surface area contributed by atoms with Crippen LogP contribution >= 0.6 is 0 Å². The normalized spacial score (nSPS) is 22.3. The molecule has 1 fully saturated rings. The van der Waals surface area contributed by atoms with Crippen LogP contribution in [0, 0.1) is 11.8 Å². The van der Waals surface area contributed by atoms with Gasteiger partial charge in [0.05, 0.1) is 0 Å². The number of nitrogens with zero attached hydrogens (tertiary/aromatic N) is 4. The Bertz CT molecular complexity index is 567. The second-order valence-corrected chi connectivity index (χ2v) is 6.26. The lowest BCUT2D eigenvalue weighted by atomic mass is 9.81. The summed E-state index contributed by atoms with van der Waals surface area (Å²) in [5.74, 6) is 2.56. The lowest BCUT2D eigenvalue weighted by molar-refractivity contribution is 0.265. The van der Waals surface area contributed by atoms with Gasteiger partial charge in [0.25, 0.3) is 0 Å². The maximum atomic E-state index is 5.73. The maximum absolute atomic E-state index is 5.73. The predicted octanol–water partition coefficient (Wildman–Crippen LogP) is 3.14. The van der Waals surface area contributed by atoms with Gasteiger partial charge in [-0.05, 0) is 52.9 Å². The molecule has 3 rings (SSSR count). The highest BCUT2D eigenvalue weighted by molar-refractivity contribution is 5.58. The summed E-state index contributed by atoms with van der Waals surface area (Å²) in [6.45, 7) is 3.25. The van der Waals surface area contributed by atoms with Gasteiger partial charge in [0, 0.05) is 17.8 Å². The molecule has 0 atom stereocenters. The van der Waals surface area contributed by atoms with Crippen molar-refractivity contribution in [1.82, 2.24) is 20.2 Å². The van der Waals surface area contributed by atoms with Crippen LogP contribution in [0.3, 0.4) is 0 Å². The first-order chi connectivity index (χ1) is 10.2. The van der Waals surface area contributed by atoms with E-state index in [1.165, 1.54) is 32.1 Å². The van der Waals surface area contributed by atoms with Gasteiger partial charge in [-0.2, -0.15) is 0 Å². The Morgan fingerprint density at radius 2 is 1.86 bits per heavy atom. The van der Waals surface area contributed by atoms with E-state index in [0.29, 0.717) is 0 Å². The molecule has 1 aliphatic carbocycles. The lowest BCUT2D eigenvalue weighted by Crippen LogP contribution is -2.15. The van der Waals surface area contributed by atoms with Crippen LogP contribution in [0.4, 0.5) is 5.69 Å². The van der Waals surface area contributed by atoms with Crippen LogP contribution in [0.25, 0.3) is 11.4 Å². The molecule has 1 saturated carbocycles. The molecule has 1 heterocycles. The fourth-order valence-electron chi connectivity index (χ4n) is 3.12. The summed E-state index contributed by atoms with van der Waals surface area (Å²) >= 11 is 0. The molecule has 5 heteroatoms. The van der Waals surface area contributed by atoms with Gasteiger partial charge in [-0.15, -0.1) is 5.10 Å². The average molecular weight is 285 g/mol. The standard InChI is InChI=1S/C16H23N5/c1-12-2-4-13(5-3-12)10-11-21-16(18-19-20-21)14-6-8-15(17)9-7-14/h6-9,12-13H,2-5,10-11,17H2,1H3. The zero-order valence-corrected chi connectivity index (χ0v) is 12.6. The van der Waals surface area contributed by atoms with Crippen molar-refractivity contribution in [2.45, 2.75) is 45.6 Å². The van der Waals surface area contributed by atoms with E-state index in [1.807, 2.05) is 28.9 Å². The molecule has 0 amide bonds. The van der Waals surface area contributed by atoms with E-state index in [1.54, 1.807) is 0 Å². The summed E-state index contributed by atoms with van der Waals surface area (Å²) < 4.78 is 1.92. The van der Waals surface area contributed by atoms with E-state index < -0.39 is 0 Å². The maximum Gasteiger partial charge on any atom is 0.182 e. The van der Waals surface area contributed by atoms with Crippen LogP contribution in [0.5, 0.6) is 0 Å². The largest absolute Gasteiger partial charge is 0.399 e. The SMILES string of the molecule is CC1CCC(CCn2nnnc2-c2ccc(N)cc2)CC1. The highest BCUT2D eigenvalue weighted by Gasteiger charge is 2.19. The molecule has 2 aromatic rings. The Hall–Kier alpha value is -1.91. The monoisotopic (exact) mass is 285 g/mol. The third kappa shape index (κ3) is 3.40. The van der Waals surface area contributed by atoms with E-state index in [0.717, 1.165) is 35.5 Å². The first-order valence-electron chi connectivity index (χ1n) is 7.84. The van der Waals surface area contributed by atoms with Gasteiger partial charge >= 0.3 is 0 Å². The fourth-order valence-corrected chi connectivity index (χ4v) is 3.12. The van der Waals surface area contributed by atoms with Crippen molar-refractivity contribution >= 4 is 5.69 Å². The molecule has 2 N–H and O–H groups in total. The van der Waals surface area contributed by atoms with Crippen molar-refractivity contribution in [3.63, 3.8) is 0 Å². The molecular formula is C16H23N5. The minimum atomic E-state index is 0.758. The first-order valence-corrected chi connectivity index (χ1v) is 7.84. The third-order valence-electron chi connectivity index (χ3n) is 4.59. The van der Waals surface area contributed by atoms with Crippen LogP contribution in [0.2, 0.25) is 0 Å².